The van der Waals surface area contributed by atoms with Crippen LogP contribution in [0.15, 0.2) is 36.4 Å². The van der Waals surface area contributed by atoms with E-state index in [0.717, 1.165) is 5.56 Å². The Morgan fingerprint density at radius 1 is 1.29 bits per heavy atom. The zero-order valence-electron chi connectivity index (χ0n) is 9.14. The lowest BCUT2D eigenvalue weighted by Gasteiger charge is -2.05. The van der Waals surface area contributed by atoms with E-state index in [0.29, 0.717) is 17.2 Å². The van der Waals surface area contributed by atoms with Crippen LogP contribution in [0.3, 0.4) is 0 Å². The van der Waals surface area contributed by atoms with Crippen molar-refractivity contribution in [2.24, 2.45) is 0 Å². The molecule has 3 nitrogen and oxygen atoms in total. The van der Waals surface area contributed by atoms with Crippen molar-refractivity contribution in [1.29, 1.82) is 5.26 Å². The molecule has 0 atom stereocenters. The molecule has 0 radical (unpaired) electrons. The van der Waals surface area contributed by atoms with Crippen molar-refractivity contribution >= 4 is 11.6 Å². The standard InChI is InChI=1S/C13H9ClN2O/c1-9-3-2-4-11(5-9)17-13-7-10(8-15)6-12(14)16-13/h2-7H,1H3. The molecular weight excluding hydrogens is 236 g/mol. The molecule has 0 saturated heterocycles. The van der Waals surface area contributed by atoms with E-state index < -0.39 is 0 Å². The SMILES string of the molecule is Cc1cccc(Oc2cc(C#N)cc(Cl)n2)c1. The molecule has 1 aromatic carbocycles. The molecule has 0 amide bonds. The summed E-state index contributed by atoms with van der Waals surface area (Å²) < 4.78 is 5.54. The first-order valence-electron chi connectivity index (χ1n) is 4.99. The number of nitrogens with zero attached hydrogens (tertiary/aromatic N) is 2. The zero-order valence-corrected chi connectivity index (χ0v) is 9.90. The molecule has 0 N–H and O–H groups in total. The van der Waals surface area contributed by atoms with Crippen molar-refractivity contribution in [2.75, 3.05) is 0 Å². The first kappa shape index (κ1) is 11.4. The van der Waals surface area contributed by atoms with Crippen LogP contribution in [0.1, 0.15) is 11.1 Å². The van der Waals surface area contributed by atoms with Crippen LogP contribution in [0.5, 0.6) is 11.6 Å². The summed E-state index contributed by atoms with van der Waals surface area (Å²) in [7, 11) is 0. The van der Waals surface area contributed by atoms with Gasteiger partial charge in [-0.05, 0) is 30.7 Å². The highest BCUT2D eigenvalue weighted by molar-refractivity contribution is 6.29. The Labute approximate surface area is 104 Å². The fourth-order valence-electron chi connectivity index (χ4n) is 1.39. The topological polar surface area (TPSA) is 45.9 Å². The number of hydrogen-bond donors (Lipinski definition) is 0. The second-order valence-electron chi connectivity index (χ2n) is 3.55. The third-order valence-corrected chi connectivity index (χ3v) is 2.31. The summed E-state index contributed by atoms with van der Waals surface area (Å²) in [5.74, 6) is 0.989. The van der Waals surface area contributed by atoms with Crippen LogP contribution < -0.4 is 4.74 Å². The molecule has 1 heterocycles. The first-order valence-corrected chi connectivity index (χ1v) is 5.37. The molecule has 0 aliphatic carbocycles. The van der Waals surface area contributed by atoms with Crippen molar-refractivity contribution in [3.05, 3.63) is 52.7 Å². The third kappa shape index (κ3) is 2.96. The van der Waals surface area contributed by atoms with E-state index in [1.807, 2.05) is 37.3 Å². The zero-order chi connectivity index (χ0) is 12.3. The number of ether oxygens (including phenoxy) is 1. The van der Waals surface area contributed by atoms with E-state index in [1.165, 1.54) is 6.07 Å². The van der Waals surface area contributed by atoms with E-state index in [4.69, 9.17) is 21.6 Å². The van der Waals surface area contributed by atoms with Gasteiger partial charge in [0.1, 0.15) is 10.9 Å². The number of aryl methyl sites for hydroxylation is 1. The summed E-state index contributed by atoms with van der Waals surface area (Å²) in [6, 6.07) is 12.6. The van der Waals surface area contributed by atoms with Crippen LogP contribution in [0, 0.1) is 18.3 Å². The van der Waals surface area contributed by atoms with Gasteiger partial charge in [-0.1, -0.05) is 23.7 Å². The van der Waals surface area contributed by atoms with Gasteiger partial charge in [0.25, 0.3) is 0 Å². The fourth-order valence-corrected chi connectivity index (χ4v) is 1.59. The molecule has 4 heteroatoms. The summed E-state index contributed by atoms with van der Waals surface area (Å²) in [5.41, 5.74) is 1.51. The predicted octanol–water partition coefficient (Wildman–Crippen LogP) is 3.71. The van der Waals surface area contributed by atoms with Gasteiger partial charge in [0.15, 0.2) is 0 Å². The molecule has 17 heavy (non-hydrogen) atoms. The Kier molecular flexibility index (Phi) is 3.27. The van der Waals surface area contributed by atoms with Crippen molar-refractivity contribution in [1.82, 2.24) is 4.98 Å². The van der Waals surface area contributed by atoms with Gasteiger partial charge in [0, 0.05) is 6.07 Å². The molecule has 2 rings (SSSR count). The molecule has 0 unspecified atom stereocenters. The summed E-state index contributed by atoms with van der Waals surface area (Å²) >= 11 is 5.78. The summed E-state index contributed by atoms with van der Waals surface area (Å²) in [6.45, 7) is 1.97. The van der Waals surface area contributed by atoms with E-state index >= 15 is 0 Å². The van der Waals surface area contributed by atoms with Crippen LogP contribution >= 0.6 is 11.6 Å². The molecule has 0 saturated carbocycles. The smallest absolute Gasteiger partial charge is 0.221 e. The quantitative estimate of drug-likeness (QED) is 0.757. The Bertz CT molecular complexity index is 590. The average Bonchev–Trinajstić information content (AvgIpc) is 2.28. The van der Waals surface area contributed by atoms with Gasteiger partial charge in [-0.15, -0.1) is 0 Å². The minimum atomic E-state index is 0.242. The highest BCUT2D eigenvalue weighted by Gasteiger charge is 2.03. The number of benzene rings is 1. The Hall–Kier alpha value is -2.05. The van der Waals surface area contributed by atoms with E-state index in [2.05, 4.69) is 4.98 Å². The monoisotopic (exact) mass is 244 g/mol. The highest BCUT2D eigenvalue weighted by atomic mass is 35.5. The lowest BCUT2D eigenvalue weighted by molar-refractivity contribution is 0.462. The van der Waals surface area contributed by atoms with Crippen LogP contribution in [0.2, 0.25) is 5.15 Å². The molecule has 2 aromatic rings. The average molecular weight is 245 g/mol. The largest absolute Gasteiger partial charge is 0.439 e. The van der Waals surface area contributed by atoms with Crippen molar-refractivity contribution < 1.29 is 4.74 Å². The minimum absolute atomic E-state index is 0.242. The second-order valence-corrected chi connectivity index (χ2v) is 3.93. The first-order chi connectivity index (χ1) is 8.17. The maximum Gasteiger partial charge on any atom is 0.221 e. The van der Waals surface area contributed by atoms with Crippen LogP contribution in [0.25, 0.3) is 0 Å². The van der Waals surface area contributed by atoms with Gasteiger partial charge in [0.2, 0.25) is 5.88 Å². The highest BCUT2D eigenvalue weighted by Crippen LogP contribution is 2.23. The van der Waals surface area contributed by atoms with Gasteiger partial charge in [-0.25, -0.2) is 4.98 Å². The lowest BCUT2D eigenvalue weighted by atomic mass is 10.2. The number of rotatable bonds is 2. The summed E-state index contributed by atoms with van der Waals surface area (Å²) in [5, 5.41) is 9.05. The minimum Gasteiger partial charge on any atom is -0.439 e. The number of aromatic nitrogens is 1. The number of nitriles is 1. The molecule has 0 aliphatic rings. The predicted molar refractivity (Wildman–Crippen MR) is 65.2 cm³/mol. The van der Waals surface area contributed by atoms with E-state index in [-0.39, 0.29) is 5.15 Å². The van der Waals surface area contributed by atoms with Crippen molar-refractivity contribution in [3.8, 4) is 17.7 Å². The van der Waals surface area contributed by atoms with Gasteiger partial charge in [0.05, 0.1) is 11.6 Å². The van der Waals surface area contributed by atoms with E-state index in [9.17, 15) is 0 Å². The molecular formula is C13H9ClN2O. The Morgan fingerprint density at radius 3 is 2.82 bits per heavy atom. The molecule has 84 valence electrons. The number of pyridine rings is 1. The van der Waals surface area contributed by atoms with Crippen molar-refractivity contribution in [3.63, 3.8) is 0 Å². The maximum absolute atomic E-state index is 8.80. The normalized spacial score (nSPS) is 9.71. The van der Waals surface area contributed by atoms with Gasteiger partial charge in [-0.3, -0.25) is 0 Å². The second kappa shape index (κ2) is 4.86. The van der Waals surface area contributed by atoms with Crippen LogP contribution in [-0.4, -0.2) is 4.98 Å². The van der Waals surface area contributed by atoms with Crippen molar-refractivity contribution in [2.45, 2.75) is 6.92 Å². The molecule has 0 spiro atoms. The Morgan fingerprint density at radius 2 is 2.12 bits per heavy atom. The number of halogens is 1. The van der Waals surface area contributed by atoms with E-state index in [1.54, 1.807) is 6.07 Å². The Balaban J connectivity index is 2.30. The summed E-state index contributed by atoms with van der Waals surface area (Å²) in [6.07, 6.45) is 0. The lowest BCUT2D eigenvalue weighted by Crippen LogP contribution is -1.90. The third-order valence-electron chi connectivity index (χ3n) is 2.11. The number of hydrogen-bond acceptors (Lipinski definition) is 3. The van der Waals surface area contributed by atoms with Crippen LogP contribution in [-0.2, 0) is 0 Å². The molecule has 1 aromatic heterocycles. The fraction of sp³-hybridized carbons (Fsp3) is 0.0769. The molecule has 0 fully saturated rings. The maximum atomic E-state index is 8.80. The van der Waals surface area contributed by atoms with Gasteiger partial charge >= 0.3 is 0 Å². The van der Waals surface area contributed by atoms with Gasteiger partial charge in [-0.2, -0.15) is 5.26 Å². The molecule has 0 aliphatic heterocycles. The molecule has 0 bridgehead atoms. The van der Waals surface area contributed by atoms with Gasteiger partial charge < -0.3 is 4.74 Å². The van der Waals surface area contributed by atoms with Crippen LogP contribution in [0.4, 0.5) is 0 Å². The summed E-state index contributed by atoms with van der Waals surface area (Å²) in [4.78, 5) is 4.00.